The van der Waals surface area contributed by atoms with E-state index in [4.69, 9.17) is 6.42 Å². The van der Waals surface area contributed by atoms with Gasteiger partial charge in [-0.3, -0.25) is 9.79 Å². The lowest BCUT2D eigenvalue weighted by Crippen LogP contribution is -2.53. The molecule has 0 bridgehead atoms. The number of nitrogens with zero attached hydrogens (tertiary/aromatic N) is 5. The molecule has 1 aliphatic rings. The zero-order valence-electron chi connectivity index (χ0n) is 17.1. The maximum atomic E-state index is 12.3. The van der Waals surface area contributed by atoms with E-state index in [1.54, 1.807) is 13.1 Å². The molecule has 3 rings (SSSR count). The van der Waals surface area contributed by atoms with Crippen LogP contribution in [-0.2, 0) is 11.2 Å². The van der Waals surface area contributed by atoms with Gasteiger partial charge in [0.05, 0.1) is 6.54 Å². The van der Waals surface area contributed by atoms with Gasteiger partial charge < -0.3 is 20.4 Å². The van der Waals surface area contributed by atoms with Crippen molar-refractivity contribution in [2.45, 2.75) is 13.3 Å². The van der Waals surface area contributed by atoms with Crippen LogP contribution < -0.4 is 15.5 Å². The molecule has 1 aliphatic heterocycles. The van der Waals surface area contributed by atoms with Gasteiger partial charge in [-0.25, -0.2) is 4.98 Å². The van der Waals surface area contributed by atoms with Gasteiger partial charge in [-0.1, -0.05) is 18.9 Å². The zero-order chi connectivity index (χ0) is 20.6. The number of aryl methyl sites for hydroxylation is 1. The first-order valence-electron chi connectivity index (χ1n) is 9.52. The normalized spacial score (nSPS) is 14.0. The average molecular weight is 539 g/mol. The van der Waals surface area contributed by atoms with Gasteiger partial charge >= 0.3 is 0 Å². The summed E-state index contributed by atoms with van der Waals surface area (Å²) in [4.78, 5) is 25.5. The Labute approximate surface area is 198 Å². The number of guanidine groups is 1. The number of halogens is 1. The van der Waals surface area contributed by atoms with Gasteiger partial charge in [0.1, 0.15) is 5.82 Å². The second-order valence-electron chi connectivity index (χ2n) is 6.49. The number of carbonyl (C=O) groups is 1. The number of amides is 1. The van der Waals surface area contributed by atoms with E-state index in [9.17, 15) is 4.79 Å². The van der Waals surface area contributed by atoms with E-state index < -0.39 is 0 Å². The van der Waals surface area contributed by atoms with Gasteiger partial charge in [-0.15, -0.1) is 30.4 Å². The maximum absolute atomic E-state index is 12.3. The minimum absolute atomic E-state index is 0. The highest BCUT2D eigenvalue weighted by molar-refractivity contribution is 14.0. The molecule has 2 N–H and O–H groups in total. The molecule has 2 aromatic rings. The molecule has 1 aromatic carbocycles. The molecule has 0 spiro atoms. The minimum Gasteiger partial charge on any atom is -0.347 e. The summed E-state index contributed by atoms with van der Waals surface area (Å²) in [7, 11) is 1.72. The van der Waals surface area contributed by atoms with Crippen LogP contribution in [0.1, 0.15) is 18.3 Å². The lowest BCUT2D eigenvalue weighted by molar-refractivity contribution is -0.115. The van der Waals surface area contributed by atoms with E-state index in [1.807, 2.05) is 18.2 Å². The van der Waals surface area contributed by atoms with E-state index in [2.05, 4.69) is 47.6 Å². The molecule has 30 heavy (non-hydrogen) atoms. The van der Waals surface area contributed by atoms with Crippen molar-refractivity contribution in [3.63, 3.8) is 0 Å². The van der Waals surface area contributed by atoms with Crippen molar-refractivity contribution in [1.29, 1.82) is 0 Å². The molecule has 1 amide bonds. The summed E-state index contributed by atoms with van der Waals surface area (Å²) in [6.07, 6.45) is 6.25. The largest absolute Gasteiger partial charge is 0.347 e. The number of anilines is 2. The third-order valence-corrected chi connectivity index (χ3v) is 5.37. The van der Waals surface area contributed by atoms with E-state index in [-0.39, 0.29) is 36.4 Å². The second kappa shape index (κ2) is 11.7. The summed E-state index contributed by atoms with van der Waals surface area (Å²) in [5, 5.41) is 6.95. The predicted molar refractivity (Wildman–Crippen MR) is 133 cm³/mol. The standard InChI is InChI=1S/C20H25N7OS.HI/c1-4-15-7-6-8-16(13-15)23-18(28)14-22-19(21-3)26-9-11-27(12-10-26)20-24-17(5-2)25-29-20;/h1,6-8,13H,5,9-12,14H2,2-3H3,(H,21,22)(H,23,28);1H. The zero-order valence-corrected chi connectivity index (χ0v) is 20.2. The lowest BCUT2D eigenvalue weighted by atomic mass is 10.2. The van der Waals surface area contributed by atoms with Gasteiger partial charge in [0.25, 0.3) is 0 Å². The van der Waals surface area contributed by atoms with E-state index in [1.165, 1.54) is 11.5 Å². The van der Waals surface area contributed by atoms with Crippen LogP contribution in [0.15, 0.2) is 29.3 Å². The number of aliphatic imine (C=N–C) groups is 1. The van der Waals surface area contributed by atoms with Gasteiger partial charge in [-0.05, 0) is 18.2 Å². The van der Waals surface area contributed by atoms with Crippen LogP contribution in [0.4, 0.5) is 10.8 Å². The smallest absolute Gasteiger partial charge is 0.243 e. The topological polar surface area (TPSA) is 85.8 Å². The second-order valence-corrected chi connectivity index (χ2v) is 7.23. The number of carbonyl (C=O) groups excluding carboxylic acids is 1. The number of hydrogen-bond acceptors (Lipinski definition) is 6. The van der Waals surface area contributed by atoms with Crippen molar-refractivity contribution in [2.24, 2.45) is 4.99 Å². The van der Waals surface area contributed by atoms with Gasteiger partial charge in [0.2, 0.25) is 11.0 Å². The van der Waals surface area contributed by atoms with Crippen LogP contribution in [0.25, 0.3) is 0 Å². The van der Waals surface area contributed by atoms with Gasteiger partial charge in [0, 0.05) is 62.4 Å². The number of aromatic nitrogens is 2. The quantitative estimate of drug-likeness (QED) is 0.262. The van der Waals surface area contributed by atoms with Gasteiger partial charge in [0.15, 0.2) is 5.96 Å². The number of benzene rings is 1. The van der Waals surface area contributed by atoms with Crippen molar-refractivity contribution in [3.05, 3.63) is 35.7 Å². The predicted octanol–water partition coefficient (Wildman–Crippen LogP) is 2.04. The first kappa shape index (κ1) is 23.9. The number of terminal acetylenes is 1. The summed E-state index contributed by atoms with van der Waals surface area (Å²) in [5.41, 5.74) is 1.41. The molecular formula is C20H26IN7OS. The number of rotatable bonds is 5. The van der Waals surface area contributed by atoms with E-state index in [0.717, 1.165) is 49.1 Å². The molecule has 1 fully saturated rings. The summed E-state index contributed by atoms with van der Waals surface area (Å²) in [5.74, 6) is 4.01. The summed E-state index contributed by atoms with van der Waals surface area (Å²) in [6, 6.07) is 7.21. The van der Waals surface area contributed by atoms with Crippen molar-refractivity contribution in [3.8, 4) is 12.3 Å². The first-order valence-corrected chi connectivity index (χ1v) is 10.3. The Hall–Kier alpha value is -2.39. The molecule has 1 saturated heterocycles. The lowest BCUT2D eigenvalue weighted by Gasteiger charge is -2.36. The number of piperazine rings is 1. The fourth-order valence-corrected chi connectivity index (χ4v) is 3.81. The van der Waals surface area contributed by atoms with Crippen LogP contribution in [0.3, 0.4) is 0 Å². The summed E-state index contributed by atoms with van der Waals surface area (Å²) >= 11 is 1.45. The molecule has 0 saturated carbocycles. The van der Waals surface area contributed by atoms with Crippen molar-refractivity contribution in [2.75, 3.05) is 50.0 Å². The number of hydrogen-bond donors (Lipinski definition) is 2. The molecule has 0 unspecified atom stereocenters. The Kier molecular flexibility index (Phi) is 9.32. The highest BCUT2D eigenvalue weighted by atomic mass is 127. The SMILES string of the molecule is C#Cc1cccc(NC(=O)CNC(=NC)N2CCN(c3nc(CC)ns3)CC2)c1.I. The molecule has 0 atom stereocenters. The number of nitrogens with one attached hydrogen (secondary N) is 2. The highest BCUT2D eigenvalue weighted by Gasteiger charge is 2.22. The monoisotopic (exact) mass is 539 g/mol. The molecule has 2 heterocycles. The third kappa shape index (κ3) is 6.30. The van der Waals surface area contributed by atoms with Crippen LogP contribution >= 0.6 is 35.5 Å². The molecule has 1 aromatic heterocycles. The minimum atomic E-state index is -0.153. The van der Waals surface area contributed by atoms with Crippen molar-refractivity contribution >= 4 is 58.2 Å². The Morgan fingerprint density at radius 2 is 2.10 bits per heavy atom. The Morgan fingerprint density at radius 3 is 2.73 bits per heavy atom. The molecular weight excluding hydrogens is 513 g/mol. The van der Waals surface area contributed by atoms with E-state index in [0.29, 0.717) is 11.6 Å². The van der Waals surface area contributed by atoms with Crippen LogP contribution in [0.5, 0.6) is 0 Å². The van der Waals surface area contributed by atoms with Crippen molar-refractivity contribution < 1.29 is 4.79 Å². The van der Waals surface area contributed by atoms with Crippen LogP contribution in [-0.4, -0.2) is 65.9 Å². The van der Waals surface area contributed by atoms with Crippen LogP contribution in [0.2, 0.25) is 0 Å². The maximum Gasteiger partial charge on any atom is 0.243 e. The average Bonchev–Trinajstić information content (AvgIpc) is 3.24. The van der Waals surface area contributed by atoms with Gasteiger partial charge in [-0.2, -0.15) is 4.37 Å². The third-order valence-electron chi connectivity index (χ3n) is 4.56. The molecule has 10 heteroatoms. The Morgan fingerprint density at radius 1 is 1.33 bits per heavy atom. The molecule has 8 nitrogen and oxygen atoms in total. The summed E-state index contributed by atoms with van der Waals surface area (Å²) < 4.78 is 4.36. The van der Waals surface area contributed by atoms with Crippen LogP contribution in [0, 0.1) is 12.3 Å². The highest BCUT2D eigenvalue weighted by Crippen LogP contribution is 2.19. The molecule has 160 valence electrons. The Balaban J connectivity index is 0.00000320. The summed E-state index contributed by atoms with van der Waals surface area (Å²) in [6.45, 7) is 5.46. The fourth-order valence-electron chi connectivity index (χ4n) is 3.01. The van der Waals surface area contributed by atoms with Crippen molar-refractivity contribution in [1.82, 2.24) is 19.6 Å². The Bertz CT molecular complexity index is 916. The van der Waals surface area contributed by atoms with E-state index >= 15 is 0 Å². The molecule has 0 radical (unpaired) electrons. The fraction of sp³-hybridized carbons (Fsp3) is 0.400. The molecule has 0 aliphatic carbocycles. The first-order chi connectivity index (χ1) is 14.1.